The van der Waals surface area contributed by atoms with Crippen LogP contribution in [0.3, 0.4) is 0 Å². The molecule has 1 amide bonds. The van der Waals surface area contributed by atoms with Gasteiger partial charge in [0, 0.05) is 6.42 Å². The van der Waals surface area contributed by atoms with Crippen LogP contribution in [0, 0.1) is 0 Å². The lowest BCUT2D eigenvalue weighted by Gasteiger charge is -2.12. The topological polar surface area (TPSA) is 56.2 Å². The predicted octanol–water partition coefficient (Wildman–Crippen LogP) is 1.48. The average molecular weight is 208 g/mol. The predicted molar refractivity (Wildman–Crippen MR) is 46.0 cm³/mol. The summed E-state index contributed by atoms with van der Waals surface area (Å²) in [5.41, 5.74) is 4.94. The fraction of sp³-hybridized carbons (Fsp3) is 0.286. The number of rotatable bonds is 3. The van der Waals surface area contributed by atoms with Crippen molar-refractivity contribution in [1.82, 2.24) is 0 Å². The number of halogens is 2. The van der Waals surface area contributed by atoms with E-state index in [-0.39, 0.29) is 6.42 Å². The summed E-state index contributed by atoms with van der Waals surface area (Å²) >= 11 is 11.2. The van der Waals surface area contributed by atoms with E-state index in [9.17, 15) is 4.79 Å². The lowest BCUT2D eigenvalue weighted by Crippen LogP contribution is -2.35. The molecule has 1 rings (SSSR count). The Bertz CT molecular complexity index is 269. The first-order valence-corrected chi connectivity index (χ1v) is 3.98. The Balaban J connectivity index is 2.69. The summed E-state index contributed by atoms with van der Waals surface area (Å²) in [5, 5.41) is 0. The van der Waals surface area contributed by atoms with Crippen LogP contribution >= 0.6 is 23.2 Å². The highest BCUT2D eigenvalue weighted by Gasteiger charge is 2.32. The second-order valence-corrected chi connectivity index (χ2v) is 3.81. The molecule has 0 saturated heterocycles. The van der Waals surface area contributed by atoms with Crippen molar-refractivity contribution in [2.75, 3.05) is 0 Å². The Morgan fingerprint density at radius 2 is 2.33 bits per heavy atom. The number of furan rings is 1. The van der Waals surface area contributed by atoms with Gasteiger partial charge in [-0.3, -0.25) is 4.79 Å². The van der Waals surface area contributed by atoms with Crippen molar-refractivity contribution < 1.29 is 9.21 Å². The zero-order valence-corrected chi connectivity index (χ0v) is 7.60. The van der Waals surface area contributed by atoms with Crippen molar-refractivity contribution in [3.05, 3.63) is 24.2 Å². The number of carbonyl (C=O) groups is 1. The molecule has 0 radical (unpaired) electrons. The quantitative estimate of drug-likeness (QED) is 0.764. The lowest BCUT2D eigenvalue weighted by atomic mass is 10.2. The summed E-state index contributed by atoms with van der Waals surface area (Å²) in [6.45, 7) is 0. The minimum Gasteiger partial charge on any atom is -0.469 e. The molecule has 5 heteroatoms. The zero-order valence-electron chi connectivity index (χ0n) is 6.09. The van der Waals surface area contributed by atoms with Crippen molar-refractivity contribution in [3.63, 3.8) is 0 Å². The van der Waals surface area contributed by atoms with Crippen LogP contribution in [0.4, 0.5) is 0 Å². The van der Waals surface area contributed by atoms with Gasteiger partial charge in [0.05, 0.1) is 6.26 Å². The molecule has 0 unspecified atom stereocenters. The number of nitrogens with two attached hydrogens (primary N) is 1. The first kappa shape index (κ1) is 9.42. The van der Waals surface area contributed by atoms with Crippen LogP contribution in [0.2, 0.25) is 0 Å². The highest BCUT2D eigenvalue weighted by Crippen LogP contribution is 2.25. The Kier molecular flexibility index (Phi) is 2.65. The van der Waals surface area contributed by atoms with Crippen molar-refractivity contribution in [1.29, 1.82) is 0 Å². The van der Waals surface area contributed by atoms with E-state index in [1.807, 2.05) is 0 Å². The summed E-state index contributed by atoms with van der Waals surface area (Å²) in [5.74, 6) is -0.249. The van der Waals surface area contributed by atoms with Crippen molar-refractivity contribution in [3.8, 4) is 0 Å². The molecule has 0 fully saturated rings. The molecule has 0 aliphatic carbocycles. The summed E-state index contributed by atoms with van der Waals surface area (Å²) in [6, 6.07) is 3.35. The van der Waals surface area contributed by atoms with Crippen molar-refractivity contribution in [2.24, 2.45) is 5.73 Å². The number of primary amides is 1. The number of alkyl halides is 2. The van der Waals surface area contributed by atoms with Crippen molar-refractivity contribution >= 4 is 29.1 Å². The highest BCUT2D eigenvalue weighted by molar-refractivity contribution is 6.58. The third-order valence-corrected chi connectivity index (χ3v) is 1.98. The summed E-state index contributed by atoms with van der Waals surface area (Å²) in [4.78, 5) is 10.7. The van der Waals surface area contributed by atoms with E-state index in [1.54, 1.807) is 12.1 Å². The maximum absolute atomic E-state index is 10.7. The normalized spacial score (nSPS) is 11.5. The van der Waals surface area contributed by atoms with Gasteiger partial charge in [-0.05, 0) is 12.1 Å². The second kappa shape index (κ2) is 3.37. The van der Waals surface area contributed by atoms with Crippen molar-refractivity contribution in [2.45, 2.75) is 10.8 Å². The van der Waals surface area contributed by atoms with Crippen LogP contribution in [-0.4, -0.2) is 10.2 Å². The molecule has 12 heavy (non-hydrogen) atoms. The molecule has 0 saturated carbocycles. The molecule has 0 spiro atoms. The van der Waals surface area contributed by atoms with Crippen LogP contribution in [0.1, 0.15) is 5.76 Å². The molecular formula is C7H7Cl2NO2. The minimum atomic E-state index is -1.59. The monoisotopic (exact) mass is 207 g/mol. The van der Waals surface area contributed by atoms with Gasteiger partial charge in [-0.25, -0.2) is 0 Å². The molecule has 1 heterocycles. The fourth-order valence-electron chi connectivity index (χ4n) is 0.719. The second-order valence-electron chi connectivity index (χ2n) is 2.32. The fourth-order valence-corrected chi connectivity index (χ4v) is 0.983. The van der Waals surface area contributed by atoms with Gasteiger partial charge in [0.15, 0.2) is 0 Å². The van der Waals surface area contributed by atoms with Gasteiger partial charge >= 0.3 is 0 Å². The SMILES string of the molecule is NC(=O)C(Cl)(Cl)Cc1ccco1. The largest absolute Gasteiger partial charge is 0.469 e. The zero-order chi connectivity index (χ0) is 9.19. The molecular weight excluding hydrogens is 201 g/mol. The van der Waals surface area contributed by atoms with E-state index < -0.39 is 10.2 Å². The summed E-state index contributed by atoms with van der Waals surface area (Å²) in [7, 11) is 0. The minimum absolute atomic E-state index is 0.0818. The molecule has 0 atom stereocenters. The van der Waals surface area contributed by atoms with Gasteiger partial charge < -0.3 is 10.2 Å². The number of carbonyl (C=O) groups excluding carboxylic acids is 1. The van der Waals surface area contributed by atoms with Gasteiger partial charge in [-0.2, -0.15) is 0 Å². The van der Waals surface area contributed by atoms with Gasteiger partial charge in [0.25, 0.3) is 5.91 Å². The van der Waals surface area contributed by atoms with E-state index in [1.165, 1.54) is 6.26 Å². The van der Waals surface area contributed by atoms with Crippen LogP contribution in [-0.2, 0) is 11.2 Å². The Morgan fingerprint density at radius 1 is 1.67 bits per heavy atom. The van der Waals surface area contributed by atoms with Crippen LogP contribution in [0.15, 0.2) is 22.8 Å². The molecule has 2 N–H and O–H groups in total. The highest BCUT2D eigenvalue weighted by atomic mass is 35.5. The van der Waals surface area contributed by atoms with Crippen LogP contribution < -0.4 is 5.73 Å². The molecule has 1 aromatic heterocycles. The van der Waals surface area contributed by atoms with Gasteiger partial charge in [-0.15, -0.1) is 0 Å². The third-order valence-electron chi connectivity index (χ3n) is 1.34. The van der Waals surface area contributed by atoms with E-state index in [4.69, 9.17) is 33.4 Å². The average Bonchev–Trinajstić information content (AvgIpc) is 2.38. The molecule has 0 aliphatic rings. The van der Waals surface area contributed by atoms with E-state index in [0.29, 0.717) is 5.76 Å². The van der Waals surface area contributed by atoms with Crippen LogP contribution in [0.25, 0.3) is 0 Å². The van der Waals surface area contributed by atoms with Crippen LogP contribution in [0.5, 0.6) is 0 Å². The number of hydrogen-bond acceptors (Lipinski definition) is 2. The molecule has 0 aliphatic heterocycles. The first-order chi connectivity index (χ1) is 5.52. The molecule has 3 nitrogen and oxygen atoms in total. The van der Waals surface area contributed by atoms with Gasteiger partial charge in [0.2, 0.25) is 4.33 Å². The van der Waals surface area contributed by atoms with Gasteiger partial charge in [-0.1, -0.05) is 23.2 Å². The third kappa shape index (κ3) is 2.16. The lowest BCUT2D eigenvalue weighted by molar-refractivity contribution is -0.118. The number of amides is 1. The maximum atomic E-state index is 10.7. The van der Waals surface area contributed by atoms with E-state index in [2.05, 4.69) is 0 Å². The van der Waals surface area contributed by atoms with E-state index in [0.717, 1.165) is 0 Å². The summed E-state index contributed by atoms with van der Waals surface area (Å²) < 4.78 is 3.36. The molecule has 0 bridgehead atoms. The van der Waals surface area contributed by atoms with E-state index >= 15 is 0 Å². The Labute approximate surface area is 79.4 Å². The maximum Gasteiger partial charge on any atom is 0.254 e. The molecule has 0 aromatic carbocycles. The smallest absolute Gasteiger partial charge is 0.254 e. The first-order valence-electron chi connectivity index (χ1n) is 3.22. The Hall–Kier alpha value is -0.670. The summed E-state index contributed by atoms with van der Waals surface area (Å²) in [6.07, 6.45) is 1.55. The Morgan fingerprint density at radius 3 is 2.75 bits per heavy atom. The molecule has 1 aromatic rings. The standard InChI is InChI=1S/C7H7Cl2NO2/c8-7(9,6(10)11)4-5-2-1-3-12-5/h1-3H,4H2,(H2,10,11). The number of hydrogen-bond donors (Lipinski definition) is 1. The molecule has 66 valence electrons. The van der Waals surface area contributed by atoms with Gasteiger partial charge in [0.1, 0.15) is 5.76 Å².